The van der Waals surface area contributed by atoms with Crippen LogP contribution in [0.2, 0.25) is 0 Å². The second-order valence-electron chi connectivity index (χ2n) is 6.52. The van der Waals surface area contributed by atoms with Crippen molar-refractivity contribution in [2.75, 3.05) is 19.7 Å². The molecule has 1 aromatic heterocycles. The first kappa shape index (κ1) is 15.0. The Labute approximate surface area is 130 Å². The highest BCUT2D eigenvalue weighted by Crippen LogP contribution is 2.41. The molecule has 2 saturated heterocycles. The van der Waals surface area contributed by atoms with E-state index < -0.39 is 0 Å². The highest BCUT2D eigenvalue weighted by molar-refractivity contribution is 7.07. The van der Waals surface area contributed by atoms with Gasteiger partial charge in [0.25, 0.3) is 0 Å². The highest BCUT2D eigenvalue weighted by Gasteiger charge is 2.53. The molecule has 21 heavy (non-hydrogen) atoms. The molecule has 1 N–H and O–H groups in total. The van der Waals surface area contributed by atoms with Crippen molar-refractivity contribution in [3.63, 3.8) is 0 Å². The van der Waals surface area contributed by atoms with Gasteiger partial charge in [0.2, 0.25) is 5.91 Å². The van der Waals surface area contributed by atoms with Crippen molar-refractivity contribution in [1.29, 1.82) is 0 Å². The van der Waals surface area contributed by atoms with Crippen LogP contribution in [0.3, 0.4) is 0 Å². The zero-order valence-electron chi connectivity index (χ0n) is 12.8. The lowest BCUT2D eigenvalue weighted by Crippen LogP contribution is -2.57. The lowest BCUT2D eigenvalue weighted by molar-refractivity contribution is -0.140. The van der Waals surface area contributed by atoms with Crippen molar-refractivity contribution in [3.8, 4) is 0 Å². The van der Waals surface area contributed by atoms with Gasteiger partial charge in [-0.1, -0.05) is 0 Å². The molecule has 3 rings (SSSR count). The molecule has 2 aliphatic rings. The summed E-state index contributed by atoms with van der Waals surface area (Å²) in [4.78, 5) is 15.2. The second-order valence-corrected chi connectivity index (χ2v) is 7.30. The number of nitrogens with zero attached hydrogens (tertiary/aromatic N) is 1. The predicted molar refractivity (Wildman–Crippen MR) is 84.3 cm³/mol. The fraction of sp³-hybridized carbons (Fsp3) is 0.688. The van der Waals surface area contributed by atoms with Crippen LogP contribution in [-0.4, -0.2) is 42.6 Å². The van der Waals surface area contributed by atoms with Crippen LogP contribution >= 0.6 is 11.3 Å². The number of nitrogens with one attached hydrogen (secondary N) is 1. The van der Waals surface area contributed by atoms with Gasteiger partial charge in [0.05, 0.1) is 11.5 Å². The molecule has 0 radical (unpaired) electrons. The Hall–Kier alpha value is -0.910. The molecule has 1 aromatic rings. The number of fused-ring (bicyclic) bond motifs is 1. The summed E-state index contributed by atoms with van der Waals surface area (Å²) >= 11 is 1.73. The maximum absolute atomic E-state index is 12.7. The van der Waals surface area contributed by atoms with Gasteiger partial charge in [-0.3, -0.25) is 9.69 Å². The van der Waals surface area contributed by atoms with Gasteiger partial charge in [-0.15, -0.1) is 0 Å². The molecule has 3 heterocycles. The van der Waals surface area contributed by atoms with Crippen LogP contribution in [0.1, 0.15) is 32.3 Å². The number of likely N-dealkylation sites (tertiary alicyclic amines) is 1. The van der Waals surface area contributed by atoms with Crippen LogP contribution in [-0.2, 0) is 16.1 Å². The monoisotopic (exact) mass is 308 g/mol. The van der Waals surface area contributed by atoms with Gasteiger partial charge in [-0.25, -0.2) is 0 Å². The fourth-order valence-electron chi connectivity index (χ4n) is 3.54. The summed E-state index contributed by atoms with van der Waals surface area (Å²) in [6.45, 7) is 7.51. The molecule has 0 aromatic carbocycles. The number of thiophene rings is 1. The molecule has 0 saturated carbocycles. The number of carbonyl (C=O) groups excluding carboxylic acids is 1. The van der Waals surface area contributed by atoms with Crippen molar-refractivity contribution in [2.24, 2.45) is 5.41 Å². The number of hydrogen-bond donors (Lipinski definition) is 1. The summed E-state index contributed by atoms with van der Waals surface area (Å²) in [5.74, 6) is 0.176. The van der Waals surface area contributed by atoms with E-state index in [4.69, 9.17) is 4.74 Å². The molecule has 0 bridgehead atoms. The number of carbonyl (C=O) groups is 1. The summed E-state index contributed by atoms with van der Waals surface area (Å²) in [6, 6.07) is 2.35. The van der Waals surface area contributed by atoms with E-state index in [9.17, 15) is 4.79 Å². The average molecular weight is 308 g/mol. The van der Waals surface area contributed by atoms with Gasteiger partial charge in [0.15, 0.2) is 0 Å². The smallest absolute Gasteiger partial charge is 0.230 e. The summed E-state index contributed by atoms with van der Waals surface area (Å²) in [5, 5.41) is 7.42. The second kappa shape index (κ2) is 6.07. The fourth-order valence-corrected chi connectivity index (χ4v) is 4.20. The Morgan fingerprint density at radius 1 is 1.62 bits per heavy atom. The van der Waals surface area contributed by atoms with Crippen LogP contribution in [0.25, 0.3) is 0 Å². The molecule has 1 amide bonds. The molecule has 2 atom stereocenters. The Bertz CT molecular complexity index is 488. The van der Waals surface area contributed by atoms with Crippen LogP contribution in [0.15, 0.2) is 16.8 Å². The number of amides is 1. The van der Waals surface area contributed by atoms with Gasteiger partial charge in [0, 0.05) is 32.3 Å². The summed E-state index contributed by atoms with van der Waals surface area (Å²) < 4.78 is 5.86. The minimum absolute atomic E-state index is 0.0926. The highest BCUT2D eigenvalue weighted by atomic mass is 32.1. The Morgan fingerprint density at radius 3 is 3.19 bits per heavy atom. The van der Waals surface area contributed by atoms with Gasteiger partial charge in [-0.05, 0) is 49.1 Å². The molecule has 4 nitrogen and oxygen atoms in total. The van der Waals surface area contributed by atoms with Crippen molar-refractivity contribution in [2.45, 2.75) is 45.4 Å². The van der Waals surface area contributed by atoms with Gasteiger partial charge >= 0.3 is 0 Å². The van der Waals surface area contributed by atoms with Gasteiger partial charge in [0.1, 0.15) is 0 Å². The Kier molecular flexibility index (Phi) is 4.33. The normalized spacial score (nSPS) is 29.6. The molecular formula is C16H24N2O2S. The van der Waals surface area contributed by atoms with Crippen molar-refractivity contribution in [3.05, 3.63) is 22.4 Å². The van der Waals surface area contributed by atoms with E-state index >= 15 is 0 Å². The summed E-state index contributed by atoms with van der Waals surface area (Å²) in [6.07, 6.45) is 1.89. The van der Waals surface area contributed by atoms with Crippen LogP contribution < -0.4 is 5.32 Å². The maximum Gasteiger partial charge on any atom is 0.230 e. The predicted octanol–water partition coefficient (Wildman–Crippen LogP) is 2.25. The lowest BCUT2D eigenvalue weighted by Gasteiger charge is -2.42. The third-order valence-corrected chi connectivity index (χ3v) is 5.29. The van der Waals surface area contributed by atoms with E-state index in [1.165, 1.54) is 5.56 Å². The zero-order valence-corrected chi connectivity index (χ0v) is 13.6. The zero-order chi connectivity index (χ0) is 14.9. The first-order chi connectivity index (χ1) is 10.1. The minimum atomic E-state index is -0.349. The minimum Gasteiger partial charge on any atom is -0.377 e. The molecule has 5 heteroatoms. The first-order valence-electron chi connectivity index (χ1n) is 7.76. The molecule has 0 aliphatic carbocycles. The Balaban J connectivity index is 1.74. The van der Waals surface area contributed by atoms with Crippen molar-refractivity contribution >= 4 is 17.2 Å². The van der Waals surface area contributed by atoms with E-state index in [2.05, 4.69) is 27.0 Å². The van der Waals surface area contributed by atoms with Crippen LogP contribution in [0.5, 0.6) is 0 Å². The topological polar surface area (TPSA) is 41.6 Å². The molecule has 2 aliphatic heterocycles. The van der Waals surface area contributed by atoms with Crippen molar-refractivity contribution in [1.82, 2.24) is 10.2 Å². The Morgan fingerprint density at radius 2 is 2.48 bits per heavy atom. The van der Waals surface area contributed by atoms with E-state index in [0.29, 0.717) is 6.61 Å². The summed E-state index contributed by atoms with van der Waals surface area (Å²) in [7, 11) is 0. The van der Waals surface area contributed by atoms with E-state index in [-0.39, 0.29) is 23.5 Å². The van der Waals surface area contributed by atoms with Crippen LogP contribution in [0.4, 0.5) is 0 Å². The molecular weight excluding hydrogens is 284 g/mol. The molecule has 0 spiro atoms. The quantitative estimate of drug-likeness (QED) is 0.927. The van der Waals surface area contributed by atoms with Gasteiger partial charge < -0.3 is 10.1 Å². The van der Waals surface area contributed by atoms with Gasteiger partial charge in [-0.2, -0.15) is 11.3 Å². The maximum atomic E-state index is 12.7. The standard InChI is InChI=1S/C16H24N2O2S/c1-12(2)17-15(19)16-5-7-20-14(16)3-6-18(11-16)9-13-4-8-21-10-13/h4,8,10,12,14H,3,5-7,9,11H2,1-2H3,(H,17,19)/t14-,16-/m0/s1. The van der Waals surface area contributed by atoms with E-state index in [1.807, 2.05) is 13.8 Å². The third kappa shape index (κ3) is 3.00. The molecule has 0 unspecified atom stereocenters. The number of rotatable bonds is 4. The van der Waals surface area contributed by atoms with Crippen molar-refractivity contribution < 1.29 is 9.53 Å². The number of piperidine rings is 1. The lowest BCUT2D eigenvalue weighted by atomic mass is 9.75. The number of hydrogen-bond acceptors (Lipinski definition) is 4. The molecule has 116 valence electrons. The first-order valence-corrected chi connectivity index (χ1v) is 8.70. The SMILES string of the molecule is CC(C)NC(=O)[C@]12CCO[C@H]1CCN(Cc1ccsc1)C2. The molecule has 2 fully saturated rings. The van der Waals surface area contributed by atoms with E-state index in [0.717, 1.165) is 32.5 Å². The number of ether oxygens (including phenoxy) is 1. The van der Waals surface area contributed by atoms with Crippen LogP contribution in [0, 0.1) is 5.41 Å². The largest absolute Gasteiger partial charge is 0.377 e. The average Bonchev–Trinajstić information content (AvgIpc) is 3.07. The summed E-state index contributed by atoms with van der Waals surface area (Å²) in [5.41, 5.74) is 0.996. The third-order valence-electron chi connectivity index (χ3n) is 4.56. The van der Waals surface area contributed by atoms with E-state index in [1.54, 1.807) is 11.3 Å².